The number of fused-ring (bicyclic) bond motifs is 6. The fourth-order valence-electron chi connectivity index (χ4n) is 8.63. The van der Waals surface area contributed by atoms with E-state index in [-0.39, 0.29) is 59.4 Å². The number of carbonyl (C=O) groups is 2. The van der Waals surface area contributed by atoms with Crippen molar-refractivity contribution in [3.63, 3.8) is 0 Å². The Hall–Kier alpha value is -3.15. The summed E-state index contributed by atoms with van der Waals surface area (Å²) in [5, 5.41) is -0.727. The summed E-state index contributed by atoms with van der Waals surface area (Å²) in [6.07, 6.45) is 6.45. The lowest BCUT2D eigenvalue weighted by Crippen LogP contribution is -2.51. The number of halogens is 2. The van der Waals surface area contributed by atoms with E-state index in [0.717, 1.165) is 36.8 Å². The molecule has 2 aromatic rings. The highest BCUT2D eigenvalue weighted by Gasteiger charge is 2.47. The average Bonchev–Trinajstić information content (AvgIpc) is 3.18. The molecule has 3 aliphatic carbocycles. The minimum absolute atomic E-state index is 0.00873. The van der Waals surface area contributed by atoms with Crippen LogP contribution in [0.25, 0.3) is 0 Å². The lowest BCUT2D eigenvalue weighted by atomic mass is 9.64. The summed E-state index contributed by atoms with van der Waals surface area (Å²) in [7, 11) is -4.01. The molecule has 264 valence electrons. The largest absolute Gasteiger partial charge is 0.490 e. The van der Waals surface area contributed by atoms with E-state index >= 15 is 4.39 Å². The highest BCUT2D eigenvalue weighted by molar-refractivity contribution is 7.90. The van der Waals surface area contributed by atoms with E-state index in [4.69, 9.17) is 25.8 Å². The molecule has 8 rings (SSSR count). The van der Waals surface area contributed by atoms with Gasteiger partial charge in [-0.15, -0.1) is 0 Å². The van der Waals surface area contributed by atoms with E-state index in [2.05, 4.69) is 15.7 Å². The molecular weight excluding hydrogens is 671 g/mol. The van der Waals surface area contributed by atoms with Crippen molar-refractivity contribution in [3.8, 4) is 5.75 Å². The molecule has 1 fully saturated rings. The molecule has 0 unspecified atom stereocenters. The highest BCUT2D eigenvalue weighted by atomic mass is 35.5. The van der Waals surface area contributed by atoms with Crippen molar-refractivity contribution >= 4 is 39.2 Å². The summed E-state index contributed by atoms with van der Waals surface area (Å²) >= 11 is 6.23. The summed E-state index contributed by atoms with van der Waals surface area (Å²) in [6.45, 7) is 6.84. The number of rotatable bonds is 4. The normalized spacial score (nSPS) is 31.8. The zero-order valence-corrected chi connectivity index (χ0v) is 29.7. The summed E-state index contributed by atoms with van der Waals surface area (Å²) < 4.78 is 62.8. The second-order valence-corrected chi connectivity index (χ2v) is 17.0. The van der Waals surface area contributed by atoms with Gasteiger partial charge in [0.1, 0.15) is 18.2 Å². The quantitative estimate of drug-likeness (QED) is 0.305. The number of esters is 1. The third-order valence-corrected chi connectivity index (χ3v) is 14.0. The van der Waals surface area contributed by atoms with Gasteiger partial charge < -0.3 is 19.1 Å². The molecule has 6 aliphatic rings. The van der Waals surface area contributed by atoms with Crippen molar-refractivity contribution in [1.82, 2.24) is 4.72 Å². The number of carbonyl (C=O) groups excluding carboxylic acids is 2. The smallest absolute Gasteiger partial charge is 0.332 e. The molecule has 9 nitrogen and oxygen atoms in total. The molecule has 7 atom stereocenters. The molecule has 49 heavy (non-hydrogen) atoms. The van der Waals surface area contributed by atoms with Crippen molar-refractivity contribution in [2.24, 2.45) is 23.7 Å². The van der Waals surface area contributed by atoms with Gasteiger partial charge in [0.05, 0.1) is 35.3 Å². The topological polar surface area (TPSA) is 111 Å². The number of ether oxygens (including phenoxy) is 3. The van der Waals surface area contributed by atoms with Gasteiger partial charge in [0.15, 0.2) is 0 Å². The second kappa shape index (κ2) is 13.2. The van der Waals surface area contributed by atoms with E-state index in [1.54, 1.807) is 38.1 Å². The zero-order chi connectivity index (χ0) is 34.7. The van der Waals surface area contributed by atoms with Gasteiger partial charge in [-0.05, 0) is 117 Å². The Balaban J connectivity index is 1.30. The molecule has 0 radical (unpaired) electrons. The first kappa shape index (κ1) is 34.3. The average molecular weight is 715 g/mol. The molecule has 1 spiro atoms. The SMILES string of the molecule is CCOC(=O)CO[C@H]1C2=C[C@@H](C2)[C@H](C)[C@@H](C)S(=O)(=O)NC(=O)c2ccc3c(c2)N(C[C@@H]2CC[C@H]21)C[C@@]1(CCCc2c1ccc(Cl)c2F)CO3. The third kappa shape index (κ3) is 6.24. The Morgan fingerprint density at radius 2 is 2.00 bits per heavy atom. The first-order chi connectivity index (χ1) is 23.4. The Morgan fingerprint density at radius 1 is 1.20 bits per heavy atom. The molecule has 0 saturated heterocycles. The molecule has 1 saturated carbocycles. The molecule has 1 amide bonds. The third-order valence-electron chi connectivity index (χ3n) is 11.8. The van der Waals surface area contributed by atoms with Crippen molar-refractivity contribution < 1.29 is 36.6 Å². The molecule has 0 aromatic heterocycles. The standard InChI is InChI=1S/C37H44ClFN2O7S/c1-4-46-33(42)18-47-35-26-14-25(15-26)21(2)22(3)49(44,45)40-36(43)23-8-12-32-31(16-23)41(17-24-7-9-27(24)35)19-37(20-48-32)13-5-6-28-29(37)10-11-30(38)34(28)39/h8,10-12,14,16,21-22,24-25,27,35H,4-7,9,13,15,17-20H2,1-3H3,(H,40,43)/t21-,22-,24+,25+,27-,35+,37+/m1/s1. The minimum atomic E-state index is -4.01. The van der Waals surface area contributed by atoms with Crippen LogP contribution >= 0.6 is 11.6 Å². The maximum Gasteiger partial charge on any atom is 0.332 e. The predicted molar refractivity (Wildman–Crippen MR) is 184 cm³/mol. The molecule has 2 aromatic carbocycles. The number of benzene rings is 2. The van der Waals surface area contributed by atoms with E-state index in [9.17, 15) is 18.0 Å². The maximum atomic E-state index is 15.4. The van der Waals surface area contributed by atoms with Crippen molar-refractivity contribution in [2.75, 3.05) is 37.8 Å². The lowest BCUT2D eigenvalue weighted by molar-refractivity contribution is -0.152. The van der Waals surface area contributed by atoms with Gasteiger partial charge in [-0.2, -0.15) is 0 Å². The number of hydrogen-bond donors (Lipinski definition) is 1. The number of anilines is 1. The molecule has 12 heteroatoms. The van der Waals surface area contributed by atoms with Crippen LogP contribution in [-0.2, 0) is 36.1 Å². The fraction of sp³-hybridized carbons (Fsp3) is 0.568. The van der Waals surface area contributed by atoms with Crippen LogP contribution in [-0.4, -0.2) is 64.6 Å². The van der Waals surface area contributed by atoms with Gasteiger partial charge in [0.2, 0.25) is 10.0 Å². The van der Waals surface area contributed by atoms with E-state index in [1.807, 2.05) is 13.0 Å². The number of allylic oxidation sites excluding steroid dienone is 1. The Kier molecular flexibility index (Phi) is 9.24. The number of nitrogens with one attached hydrogen (secondary N) is 1. The van der Waals surface area contributed by atoms with Crippen LogP contribution < -0.4 is 14.4 Å². The van der Waals surface area contributed by atoms with Gasteiger partial charge in [0, 0.05) is 24.1 Å². The first-order valence-electron chi connectivity index (χ1n) is 17.4. The number of sulfonamides is 1. The highest BCUT2D eigenvalue weighted by Crippen LogP contribution is 2.50. The van der Waals surface area contributed by atoms with Gasteiger partial charge in [-0.3, -0.25) is 4.79 Å². The molecule has 3 heterocycles. The van der Waals surface area contributed by atoms with Gasteiger partial charge in [-0.1, -0.05) is 30.7 Å². The predicted octanol–water partition coefficient (Wildman–Crippen LogP) is 5.97. The van der Waals surface area contributed by atoms with Crippen LogP contribution in [0.15, 0.2) is 42.0 Å². The lowest BCUT2D eigenvalue weighted by Gasteiger charge is -2.48. The van der Waals surface area contributed by atoms with Crippen molar-refractivity contribution in [1.29, 1.82) is 0 Å². The number of amides is 1. The van der Waals surface area contributed by atoms with Crippen molar-refractivity contribution in [3.05, 3.63) is 69.5 Å². The molecular formula is C37H44ClFN2O7S. The van der Waals surface area contributed by atoms with Gasteiger partial charge in [0.25, 0.3) is 5.91 Å². The van der Waals surface area contributed by atoms with Crippen LogP contribution in [0.5, 0.6) is 5.75 Å². The van der Waals surface area contributed by atoms with Crippen LogP contribution in [0.4, 0.5) is 10.1 Å². The van der Waals surface area contributed by atoms with E-state index in [0.29, 0.717) is 49.5 Å². The molecule has 4 bridgehead atoms. The Labute approximate surface area is 292 Å². The second-order valence-electron chi connectivity index (χ2n) is 14.6. The number of nitrogens with zero attached hydrogens (tertiary/aromatic N) is 1. The van der Waals surface area contributed by atoms with Crippen LogP contribution in [0.3, 0.4) is 0 Å². The Bertz CT molecular complexity index is 1800. The zero-order valence-electron chi connectivity index (χ0n) is 28.2. The van der Waals surface area contributed by atoms with Crippen LogP contribution in [0, 0.1) is 29.5 Å². The first-order valence-corrected chi connectivity index (χ1v) is 19.4. The maximum absolute atomic E-state index is 15.4. The van der Waals surface area contributed by atoms with Crippen LogP contribution in [0.1, 0.15) is 74.4 Å². The summed E-state index contributed by atoms with van der Waals surface area (Å²) in [4.78, 5) is 28.2. The van der Waals surface area contributed by atoms with Gasteiger partial charge >= 0.3 is 5.97 Å². The van der Waals surface area contributed by atoms with Crippen molar-refractivity contribution in [2.45, 2.75) is 76.1 Å². The van der Waals surface area contributed by atoms with E-state index < -0.39 is 32.6 Å². The fourth-order valence-corrected chi connectivity index (χ4v) is 10.1. The molecule has 1 N–H and O–H groups in total. The minimum Gasteiger partial charge on any atom is -0.490 e. The summed E-state index contributed by atoms with van der Waals surface area (Å²) in [5.74, 6) is -0.853. The molecule has 3 aliphatic heterocycles. The summed E-state index contributed by atoms with van der Waals surface area (Å²) in [6, 6.07) is 8.58. The van der Waals surface area contributed by atoms with Gasteiger partial charge in [-0.25, -0.2) is 22.3 Å². The number of hydrogen-bond acceptors (Lipinski definition) is 8. The summed E-state index contributed by atoms with van der Waals surface area (Å²) in [5.41, 5.74) is 2.94. The Morgan fingerprint density at radius 3 is 2.73 bits per heavy atom. The monoisotopic (exact) mass is 714 g/mol. The van der Waals surface area contributed by atoms with E-state index in [1.165, 1.54) is 0 Å². The van der Waals surface area contributed by atoms with Crippen LogP contribution in [0.2, 0.25) is 5.02 Å².